The predicted octanol–water partition coefficient (Wildman–Crippen LogP) is 4.74. The molecule has 1 aromatic heterocycles. The smallest absolute Gasteiger partial charge is 0.267 e. The molecule has 2 N–H and O–H groups in total. The zero-order chi connectivity index (χ0) is 19.6. The third-order valence-corrected chi connectivity index (χ3v) is 4.60. The first-order chi connectivity index (χ1) is 12.9. The number of carbonyl (C=O) groups excluding carboxylic acids is 2. The van der Waals surface area contributed by atoms with E-state index in [1.165, 1.54) is 12.1 Å². The summed E-state index contributed by atoms with van der Waals surface area (Å²) in [6.45, 7) is 4.00. The molecule has 3 rings (SSSR count). The van der Waals surface area contributed by atoms with Gasteiger partial charge in [-0.05, 0) is 36.2 Å². The first-order valence-corrected chi connectivity index (χ1v) is 9.08. The van der Waals surface area contributed by atoms with Gasteiger partial charge in [0.2, 0.25) is 0 Å². The van der Waals surface area contributed by atoms with Gasteiger partial charge in [-0.1, -0.05) is 55.2 Å². The maximum Gasteiger partial charge on any atom is 0.271 e. The van der Waals surface area contributed by atoms with Gasteiger partial charge < -0.3 is 0 Å². The van der Waals surface area contributed by atoms with Crippen LogP contribution in [0, 0.1) is 0 Å². The summed E-state index contributed by atoms with van der Waals surface area (Å²) in [6.07, 6.45) is 0. The number of carbonyl (C=O) groups is 2. The second-order valence-corrected chi connectivity index (χ2v) is 7.14. The summed E-state index contributed by atoms with van der Waals surface area (Å²) in [4.78, 5) is 29.6. The predicted molar refractivity (Wildman–Crippen MR) is 107 cm³/mol. The van der Waals surface area contributed by atoms with Gasteiger partial charge in [0.15, 0.2) is 0 Å². The number of amides is 2. The molecule has 0 aliphatic rings. The van der Waals surface area contributed by atoms with E-state index in [1.54, 1.807) is 12.1 Å². The normalized spacial score (nSPS) is 10.9. The number of nitrogens with zero attached hydrogens (tertiary/aromatic N) is 1. The van der Waals surface area contributed by atoms with Gasteiger partial charge in [0, 0.05) is 16.1 Å². The second-order valence-electron chi connectivity index (χ2n) is 6.30. The summed E-state index contributed by atoms with van der Waals surface area (Å²) in [5.74, 6) is -0.846. The summed E-state index contributed by atoms with van der Waals surface area (Å²) >= 11 is 11.9. The van der Waals surface area contributed by atoms with Crippen molar-refractivity contribution < 1.29 is 9.59 Å². The van der Waals surface area contributed by atoms with Crippen LogP contribution in [0.4, 0.5) is 0 Å². The lowest BCUT2D eigenvalue weighted by Gasteiger charge is -2.13. The Hall–Kier alpha value is -2.63. The molecule has 0 fully saturated rings. The summed E-state index contributed by atoms with van der Waals surface area (Å²) in [5, 5.41) is 1.31. The van der Waals surface area contributed by atoms with Crippen molar-refractivity contribution in [2.24, 2.45) is 0 Å². The minimum Gasteiger partial charge on any atom is -0.267 e. The Morgan fingerprint density at radius 3 is 2.30 bits per heavy atom. The van der Waals surface area contributed by atoms with Gasteiger partial charge in [-0.25, -0.2) is 0 Å². The highest BCUT2D eigenvalue weighted by atomic mass is 35.5. The van der Waals surface area contributed by atoms with E-state index in [0.29, 0.717) is 16.0 Å². The molecule has 7 heteroatoms. The zero-order valence-corrected chi connectivity index (χ0v) is 16.2. The average Bonchev–Trinajstić information content (AvgIpc) is 2.66. The molecule has 0 radical (unpaired) electrons. The molecule has 0 atom stereocenters. The highest BCUT2D eigenvalue weighted by molar-refractivity contribution is 6.35. The molecule has 2 amide bonds. The van der Waals surface area contributed by atoms with E-state index in [-0.39, 0.29) is 16.5 Å². The third-order valence-electron chi connectivity index (χ3n) is 4.03. The minimum absolute atomic E-state index is 0.154. The van der Waals surface area contributed by atoms with Crippen LogP contribution in [0.1, 0.15) is 46.2 Å². The van der Waals surface area contributed by atoms with Crippen molar-refractivity contribution >= 4 is 45.9 Å². The van der Waals surface area contributed by atoms with Crippen LogP contribution in [-0.2, 0) is 0 Å². The number of para-hydroxylation sites is 1. The van der Waals surface area contributed by atoms with Crippen molar-refractivity contribution in [1.29, 1.82) is 0 Å². The molecule has 138 valence electrons. The van der Waals surface area contributed by atoms with Gasteiger partial charge in [0.05, 0.1) is 21.7 Å². The highest BCUT2D eigenvalue weighted by Gasteiger charge is 2.16. The lowest BCUT2D eigenvalue weighted by atomic mass is 10.0. The van der Waals surface area contributed by atoms with Crippen LogP contribution in [0.25, 0.3) is 10.9 Å². The Morgan fingerprint density at radius 2 is 1.59 bits per heavy atom. The number of rotatable bonds is 3. The number of pyridine rings is 1. The standard InChI is InChI=1S/C20H17Cl2N3O2/c1-11(2)18-10-14(13-5-3-4-6-17(13)23-18)19(26)24-25-20(27)15-9-12(21)7-8-16(15)22/h3-11H,1-2H3,(H,24,26)(H,25,27). The highest BCUT2D eigenvalue weighted by Crippen LogP contribution is 2.23. The number of fused-ring (bicyclic) bond motifs is 1. The van der Waals surface area contributed by atoms with E-state index < -0.39 is 11.8 Å². The van der Waals surface area contributed by atoms with Gasteiger partial charge in [-0.15, -0.1) is 0 Å². The topological polar surface area (TPSA) is 71.1 Å². The average molecular weight is 402 g/mol. The quantitative estimate of drug-likeness (QED) is 0.622. The van der Waals surface area contributed by atoms with Gasteiger partial charge in [0.25, 0.3) is 11.8 Å². The molecular weight excluding hydrogens is 385 g/mol. The van der Waals surface area contributed by atoms with Crippen molar-refractivity contribution in [1.82, 2.24) is 15.8 Å². The Kier molecular flexibility index (Phi) is 5.63. The Bertz CT molecular complexity index is 1030. The van der Waals surface area contributed by atoms with E-state index in [9.17, 15) is 9.59 Å². The first kappa shape index (κ1) is 19.1. The lowest BCUT2D eigenvalue weighted by molar-refractivity contribution is 0.0847. The van der Waals surface area contributed by atoms with Gasteiger partial charge >= 0.3 is 0 Å². The minimum atomic E-state index is -0.557. The van der Waals surface area contributed by atoms with E-state index in [1.807, 2.05) is 38.1 Å². The number of aromatic nitrogens is 1. The van der Waals surface area contributed by atoms with Gasteiger partial charge in [-0.2, -0.15) is 0 Å². The van der Waals surface area contributed by atoms with Crippen molar-refractivity contribution in [3.8, 4) is 0 Å². The molecule has 2 aromatic carbocycles. The SMILES string of the molecule is CC(C)c1cc(C(=O)NNC(=O)c2cc(Cl)ccc2Cl)c2ccccc2n1. The van der Waals surface area contributed by atoms with Crippen LogP contribution >= 0.6 is 23.2 Å². The molecule has 0 saturated heterocycles. The largest absolute Gasteiger partial charge is 0.271 e. The fraction of sp³-hybridized carbons (Fsp3) is 0.150. The van der Waals surface area contributed by atoms with E-state index in [0.717, 1.165) is 11.2 Å². The molecular formula is C20H17Cl2N3O2. The van der Waals surface area contributed by atoms with Gasteiger partial charge in [0.1, 0.15) is 0 Å². The number of nitrogens with one attached hydrogen (secondary N) is 2. The summed E-state index contributed by atoms with van der Waals surface area (Å²) < 4.78 is 0. The summed E-state index contributed by atoms with van der Waals surface area (Å²) in [5.41, 5.74) is 6.93. The molecule has 0 saturated carbocycles. The third kappa shape index (κ3) is 4.21. The van der Waals surface area contributed by atoms with E-state index in [2.05, 4.69) is 15.8 Å². The fourth-order valence-electron chi connectivity index (χ4n) is 2.60. The Balaban J connectivity index is 1.86. The van der Waals surface area contributed by atoms with Crippen molar-refractivity contribution in [2.75, 3.05) is 0 Å². The van der Waals surface area contributed by atoms with Crippen LogP contribution in [0.3, 0.4) is 0 Å². The van der Waals surface area contributed by atoms with Gasteiger partial charge in [-0.3, -0.25) is 25.4 Å². The van der Waals surface area contributed by atoms with Crippen LogP contribution in [0.15, 0.2) is 48.5 Å². The molecule has 3 aromatic rings. The summed E-state index contributed by atoms with van der Waals surface area (Å²) in [7, 11) is 0. The van der Waals surface area contributed by atoms with Crippen LogP contribution in [0.2, 0.25) is 10.0 Å². The number of hydrogen-bond acceptors (Lipinski definition) is 3. The fourth-order valence-corrected chi connectivity index (χ4v) is 2.97. The molecule has 0 aliphatic heterocycles. The van der Waals surface area contributed by atoms with Crippen LogP contribution < -0.4 is 10.9 Å². The maximum absolute atomic E-state index is 12.7. The number of benzene rings is 2. The van der Waals surface area contributed by atoms with E-state index >= 15 is 0 Å². The molecule has 0 bridgehead atoms. The molecule has 1 heterocycles. The molecule has 0 unspecified atom stereocenters. The monoisotopic (exact) mass is 401 g/mol. The Labute approximate surface area is 166 Å². The molecule has 5 nitrogen and oxygen atoms in total. The first-order valence-electron chi connectivity index (χ1n) is 8.32. The lowest BCUT2D eigenvalue weighted by Crippen LogP contribution is -2.41. The molecule has 0 aliphatic carbocycles. The summed E-state index contributed by atoms with van der Waals surface area (Å²) in [6, 6.07) is 13.6. The van der Waals surface area contributed by atoms with Crippen molar-refractivity contribution in [3.63, 3.8) is 0 Å². The maximum atomic E-state index is 12.7. The van der Waals surface area contributed by atoms with E-state index in [4.69, 9.17) is 23.2 Å². The second kappa shape index (κ2) is 7.94. The Morgan fingerprint density at radius 1 is 0.926 bits per heavy atom. The number of hydrogen-bond donors (Lipinski definition) is 2. The van der Waals surface area contributed by atoms with Crippen molar-refractivity contribution in [3.05, 3.63) is 75.4 Å². The van der Waals surface area contributed by atoms with Crippen LogP contribution in [-0.4, -0.2) is 16.8 Å². The number of hydrazine groups is 1. The zero-order valence-electron chi connectivity index (χ0n) is 14.7. The molecule has 27 heavy (non-hydrogen) atoms. The molecule has 0 spiro atoms. The number of halogens is 2. The van der Waals surface area contributed by atoms with Crippen LogP contribution in [0.5, 0.6) is 0 Å². The van der Waals surface area contributed by atoms with Crippen molar-refractivity contribution in [2.45, 2.75) is 19.8 Å².